The van der Waals surface area contributed by atoms with Crippen LogP contribution in [0.2, 0.25) is 5.02 Å². The molecule has 31 heavy (non-hydrogen) atoms. The van der Waals surface area contributed by atoms with Crippen LogP contribution in [0, 0.1) is 5.41 Å². The topological polar surface area (TPSA) is 49.9 Å². The molecule has 5 nitrogen and oxygen atoms in total. The Kier molecular flexibility index (Phi) is 5.49. The summed E-state index contributed by atoms with van der Waals surface area (Å²) in [6.07, 6.45) is 3.15. The average molecular weight is 439 g/mol. The lowest BCUT2D eigenvalue weighted by atomic mass is 9.69. The Hall–Kier alpha value is -2.37. The molecule has 3 aliphatic heterocycles. The Morgan fingerprint density at radius 2 is 1.71 bits per heavy atom. The van der Waals surface area contributed by atoms with Crippen molar-refractivity contribution in [1.29, 1.82) is 0 Å². The van der Waals surface area contributed by atoms with Gasteiger partial charge < -0.3 is 14.5 Å². The van der Waals surface area contributed by atoms with Gasteiger partial charge >= 0.3 is 0 Å². The van der Waals surface area contributed by atoms with E-state index < -0.39 is 5.41 Å². The van der Waals surface area contributed by atoms with Crippen molar-refractivity contribution in [3.63, 3.8) is 0 Å². The molecule has 162 valence electrons. The molecule has 2 aromatic rings. The number of ether oxygens (including phenoxy) is 1. The molecule has 3 saturated heterocycles. The first-order valence-corrected chi connectivity index (χ1v) is 11.5. The van der Waals surface area contributed by atoms with Crippen molar-refractivity contribution in [2.24, 2.45) is 5.41 Å². The first kappa shape index (κ1) is 20.5. The first-order valence-electron chi connectivity index (χ1n) is 11.1. The highest BCUT2D eigenvalue weighted by Crippen LogP contribution is 2.53. The number of nitrogens with zero attached hydrogens (tertiary/aromatic N) is 2. The summed E-state index contributed by atoms with van der Waals surface area (Å²) in [6, 6.07) is 17.4. The third-order valence-electron chi connectivity index (χ3n) is 7.17. The van der Waals surface area contributed by atoms with Gasteiger partial charge in [0.1, 0.15) is 0 Å². The SMILES string of the molecule is O=C(c1ccccc1Cl)N1[C@@H]2CC[C@H]1[C@@](Cc1ccccc1)(C(=O)N1CCOCC1)C2. The van der Waals surface area contributed by atoms with Crippen LogP contribution in [-0.2, 0) is 16.0 Å². The van der Waals surface area contributed by atoms with E-state index in [4.69, 9.17) is 16.3 Å². The lowest BCUT2D eigenvalue weighted by Gasteiger charge is -2.41. The zero-order chi connectivity index (χ0) is 21.4. The summed E-state index contributed by atoms with van der Waals surface area (Å²) in [5.74, 6) is 0.117. The van der Waals surface area contributed by atoms with Crippen LogP contribution in [0.5, 0.6) is 0 Å². The van der Waals surface area contributed by atoms with E-state index in [0.29, 0.717) is 49.7 Å². The number of carbonyl (C=O) groups is 2. The molecule has 0 N–H and O–H groups in total. The number of carbonyl (C=O) groups excluding carboxylic acids is 2. The maximum absolute atomic E-state index is 14.0. The molecule has 0 saturated carbocycles. The minimum Gasteiger partial charge on any atom is -0.378 e. The van der Waals surface area contributed by atoms with Gasteiger partial charge in [0.15, 0.2) is 0 Å². The normalized spacial score (nSPS) is 27.5. The molecule has 0 unspecified atom stereocenters. The minimum absolute atomic E-state index is 0.0529. The van der Waals surface area contributed by atoms with Gasteiger partial charge in [0.25, 0.3) is 5.91 Å². The summed E-state index contributed by atoms with van der Waals surface area (Å²) in [4.78, 5) is 31.5. The van der Waals surface area contributed by atoms with Crippen LogP contribution in [0.15, 0.2) is 54.6 Å². The molecule has 2 amide bonds. The molecule has 5 rings (SSSR count). The fourth-order valence-corrected chi connectivity index (χ4v) is 6.02. The summed E-state index contributed by atoms with van der Waals surface area (Å²) in [7, 11) is 0. The van der Waals surface area contributed by atoms with Gasteiger partial charge in [-0.3, -0.25) is 9.59 Å². The van der Waals surface area contributed by atoms with Gasteiger partial charge in [0.2, 0.25) is 5.91 Å². The van der Waals surface area contributed by atoms with Crippen molar-refractivity contribution in [2.75, 3.05) is 26.3 Å². The van der Waals surface area contributed by atoms with Gasteiger partial charge in [-0.15, -0.1) is 0 Å². The van der Waals surface area contributed by atoms with Gasteiger partial charge in [-0.2, -0.15) is 0 Å². The Balaban J connectivity index is 1.51. The van der Waals surface area contributed by atoms with Crippen LogP contribution >= 0.6 is 11.6 Å². The lowest BCUT2D eigenvalue weighted by Crippen LogP contribution is -2.55. The molecule has 3 aliphatic rings. The zero-order valence-electron chi connectivity index (χ0n) is 17.5. The Morgan fingerprint density at radius 1 is 1.00 bits per heavy atom. The number of halogens is 1. The van der Waals surface area contributed by atoms with Crippen LogP contribution < -0.4 is 0 Å². The van der Waals surface area contributed by atoms with Gasteiger partial charge in [-0.1, -0.05) is 54.1 Å². The highest BCUT2D eigenvalue weighted by Gasteiger charge is 2.62. The predicted molar refractivity (Wildman–Crippen MR) is 119 cm³/mol. The molecule has 0 radical (unpaired) electrons. The Labute approximate surface area is 187 Å². The highest BCUT2D eigenvalue weighted by molar-refractivity contribution is 6.33. The first-order chi connectivity index (χ1) is 15.1. The average Bonchev–Trinajstić information content (AvgIpc) is 3.36. The summed E-state index contributed by atoms with van der Waals surface area (Å²) in [6.45, 7) is 2.38. The second-order valence-electron chi connectivity index (χ2n) is 8.87. The second-order valence-corrected chi connectivity index (χ2v) is 9.27. The molecule has 0 spiro atoms. The number of hydrogen-bond acceptors (Lipinski definition) is 3. The molecule has 6 heteroatoms. The number of hydrogen-bond donors (Lipinski definition) is 0. The lowest BCUT2D eigenvalue weighted by molar-refractivity contribution is -0.148. The summed E-state index contributed by atoms with van der Waals surface area (Å²) in [5.41, 5.74) is 1.07. The molecule has 0 aliphatic carbocycles. The molecule has 0 aromatic heterocycles. The third kappa shape index (κ3) is 3.54. The van der Waals surface area contributed by atoms with E-state index in [1.807, 2.05) is 40.1 Å². The summed E-state index contributed by atoms with van der Waals surface area (Å²) in [5, 5.41) is 0.465. The predicted octanol–water partition coefficient (Wildman–Crippen LogP) is 3.80. The van der Waals surface area contributed by atoms with E-state index in [9.17, 15) is 9.59 Å². The maximum atomic E-state index is 14.0. The largest absolute Gasteiger partial charge is 0.378 e. The van der Waals surface area contributed by atoms with Crippen molar-refractivity contribution in [1.82, 2.24) is 9.80 Å². The molecular weight excluding hydrogens is 412 g/mol. The number of morpholine rings is 1. The molecule has 2 bridgehead atoms. The third-order valence-corrected chi connectivity index (χ3v) is 7.50. The van der Waals surface area contributed by atoms with E-state index >= 15 is 0 Å². The number of benzene rings is 2. The van der Waals surface area contributed by atoms with E-state index in [1.165, 1.54) is 0 Å². The van der Waals surface area contributed by atoms with Crippen LogP contribution in [0.1, 0.15) is 35.2 Å². The van der Waals surface area contributed by atoms with Crippen molar-refractivity contribution < 1.29 is 14.3 Å². The smallest absolute Gasteiger partial charge is 0.255 e. The number of fused-ring (bicyclic) bond motifs is 2. The number of rotatable bonds is 4. The van der Waals surface area contributed by atoms with Crippen LogP contribution in [0.25, 0.3) is 0 Å². The highest BCUT2D eigenvalue weighted by atomic mass is 35.5. The molecule has 3 atom stereocenters. The van der Waals surface area contributed by atoms with Crippen molar-refractivity contribution in [3.8, 4) is 0 Å². The fourth-order valence-electron chi connectivity index (χ4n) is 5.80. The van der Waals surface area contributed by atoms with E-state index in [1.54, 1.807) is 12.1 Å². The van der Waals surface area contributed by atoms with Crippen molar-refractivity contribution in [3.05, 3.63) is 70.7 Å². The van der Waals surface area contributed by atoms with Crippen LogP contribution in [0.3, 0.4) is 0 Å². The Bertz CT molecular complexity index is 976. The maximum Gasteiger partial charge on any atom is 0.255 e. The number of amides is 2. The van der Waals surface area contributed by atoms with Crippen molar-refractivity contribution >= 4 is 23.4 Å². The molecular formula is C25H27ClN2O3. The van der Waals surface area contributed by atoms with Gasteiger partial charge in [-0.25, -0.2) is 0 Å². The van der Waals surface area contributed by atoms with Crippen LogP contribution in [-0.4, -0.2) is 60.0 Å². The summed E-state index contributed by atoms with van der Waals surface area (Å²) >= 11 is 6.36. The zero-order valence-corrected chi connectivity index (χ0v) is 18.3. The summed E-state index contributed by atoms with van der Waals surface area (Å²) < 4.78 is 5.48. The second kappa shape index (κ2) is 8.29. The van der Waals surface area contributed by atoms with Gasteiger partial charge in [0, 0.05) is 25.2 Å². The Morgan fingerprint density at radius 3 is 2.45 bits per heavy atom. The van der Waals surface area contributed by atoms with E-state index in [0.717, 1.165) is 18.4 Å². The fraction of sp³-hybridized carbons (Fsp3) is 0.440. The van der Waals surface area contributed by atoms with Gasteiger partial charge in [0.05, 0.1) is 29.2 Å². The van der Waals surface area contributed by atoms with Crippen LogP contribution in [0.4, 0.5) is 0 Å². The monoisotopic (exact) mass is 438 g/mol. The minimum atomic E-state index is -0.599. The standard InChI is InChI=1S/C25H27ClN2O3/c26-21-9-5-4-8-20(21)23(29)28-19-10-11-22(28)25(17-19,16-18-6-2-1-3-7-18)24(30)27-12-14-31-15-13-27/h1-9,19,22H,10-17H2/t19-,22+,25+/m1/s1. The van der Waals surface area contributed by atoms with E-state index in [2.05, 4.69) is 12.1 Å². The van der Waals surface area contributed by atoms with Crippen molar-refractivity contribution in [2.45, 2.75) is 37.8 Å². The quantitative estimate of drug-likeness (QED) is 0.729. The molecule has 2 aromatic carbocycles. The van der Waals surface area contributed by atoms with Gasteiger partial charge in [-0.05, 0) is 43.4 Å². The van der Waals surface area contributed by atoms with E-state index in [-0.39, 0.29) is 23.9 Å². The molecule has 3 fully saturated rings. The molecule has 3 heterocycles.